The average Bonchev–Trinajstić information content (AvgIpc) is 2.87. The second kappa shape index (κ2) is 5.88. The number of rotatable bonds is 3. The highest BCUT2D eigenvalue weighted by Crippen LogP contribution is 2.30. The van der Waals surface area contributed by atoms with Gasteiger partial charge in [-0.1, -0.05) is 12.1 Å². The normalized spacial score (nSPS) is 11.1. The van der Waals surface area contributed by atoms with Gasteiger partial charge in [-0.25, -0.2) is 4.98 Å². The molecule has 0 atom stereocenters. The first-order valence-corrected chi connectivity index (χ1v) is 5.89. The van der Waals surface area contributed by atoms with E-state index in [9.17, 15) is 22.8 Å². The first-order valence-electron chi connectivity index (χ1n) is 5.89. The van der Waals surface area contributed by atoms with Gasteiger partial charge in [-0.3, -0.25) is 14.9 Å². The predicted octanol–water partition coefficient (Wildman–Crippen LogP) is 2.87. The number of esters is 1. The van der Waals surface area contributed by atoms with Gasteiger partial charge < -0.3 is 9.15 Å². The fourth-order valence-corrected chi connectivity index (χ4v) is 1.54. The SMILES string of the molecule is CC(=O)Oc1ccccc1C(=O)Nc1cnc(C(F)(F)F)o1. The van der Waals surface area contributed by atoms with Crippen LogP contribution in [0, 0.1) is 0 Å². The van der Waals surface area contributed by atoms with Crippen LogP contribution in [0.25, 0.3) is 0 Å². The second-order valence-corrected chi connectivity index (χ2v) is 4.07. The van der Waals surface area contributed by atoms with E-state index in [4.69, 9.17) is 4.74 Å². The van der Waals surface area contributed by atoms with Gasteiger partial charge in [0, 0.05) is 6.92 Å². The van der Waals surface area contributed by atoms with Crippen LogP contribution >= 0.6 is 0 Å². The van der Waals surface area contributed by atoms with Gasteiger partial charge in [0.2, 0.25) is 5.88 Å². The lowest BCUT2D eigenvalue weighted by molar-refractivity contribution is -0.156. The third-order valence-corrected chi connectivity index (χ3v) is 2.37. The van der Waals surface area contributed by atoms with Crippen molar-refractivity contribution in [2.45, 2.75) is 13.1 Å². The Bertz CT molecular complexity index is 709. The second-order valence-electron chi connectivity index (χ2n) is 4.07. The van der Waals surface area contributed by atoms with Gasteiger partial charge in [0.05, 0.1) is 11.8 Å². The fraction of sp³-hybridized carbons (Fsp3) is 0.154. The summed E-state index contributed by atoms with van der Waals surface area (Å²) in [7, 11) is 0. The van der Waals surface area contributed by atoms with Crippen LogP contribution in [-0.2, 0) is 11.0 Å². The quantitative estimate of drug-likeness (QED) is 0.696. The lowest BCUT2D eigenvalue weighted by Crippen LogP contribution is -2.14. The van der Waals surface area contributed by atoms with Crippen LogP contribution in [0.2, 0.25) is 0 Å². The molecule has 0 aliphatic heterocycles. The molecular formula is C13H9F3N2O4. The Morgan fingerprint density at radius 2 is 1.95 bits per heavy atom. The Labute approximate surface area is 121 Å². The summed E-state index contributed by atoms with van der Waals surface area (Å²) in [6, 6.07) is 5.75. The molecule has 0 aliphatic rings. The van der Waals surface area contributed by atoms with Crippen molar-refractivity contribution in [1.82, 2.24) is 4.98 Å². The zero-order chi connectivity index (χ0) is 16.3. The van der Waals surface area contributed by atoms with Crippen LogP contribution in [-0.4, -0.2) is 16.9 Å². The lowest BCUT2D eigenvalue weighted by Gasteiger charge is -2.07. The number of halogens is 3. The average molecular weight is 314 g/mol. The highest BCUT2D eigenvalue weighted by molar-refractivity contribution is 6.05. The number of carbonyl (C=O) groups is 2. The van der Waals surface area contributed by atoms with Gasteiger partial charge >= 0.3 is 18.0 Å². The number of anilines is 1. The third-order valence-electron chi connectivity index (χ3n) is 2.37. The number of para-hydroxylation sites is 1. The first kappa shape index (κ1) is 15.5. The minimum atomic E-state index is -4.75. The molecule has 116 valence electrons. The van der Waals surface area contributed by atoms with Crippen molar-refractivity contribution in [3.05, 3.63) is 41.9 Å². The van der Waals surface area contributed by atoms with Crippen molar-refractivity contribution >= 4 is 17.8 Å². The number of alkyl halides is 3. The van der Waals surface area contributed by atoms with Crippen LogP contribution in [0.5, 0.6) is 5.75 Å². The zero-order valence-corrected chi connectivity index (χ0v) is 11.1. The fourth-order valence-electron chi connectivity index (χ4n) is 1.54. The molecule has 0 bridgehead atoms. The number of hydrogen-bond acceptors (Lipinski definition) is 5. The minimum absolute atomic E-state index is 0.0249. The smallest absolute Gasteiger partial charge is 0.426 e. The molecule has 0 unspecified atom stereocenters. The van der Waals surface area contributed by atoms with Crippen molar-refractivity contribution in [1.29, 1.82) is 0 Å². The standard InChI is InChI=1S/C13H9F3N2O4/c1-7(19)21-9-5-3-2-4-8(9)11(20)18-10-6-17-12(22-10)13(14,15)16/h2-6H,1H3,(H,18,20). The van der Waals surface area contributed by atoms with Gasteiger partial charge in [-0.2, -0.15) is 13.2 Å². The Balaban J connectivity index is 2.19. The summed E-state index contributed by atoms with van der Waals surface area (Å²) < 4.78 is 46.3. The maximum absolute atomic E-state index is 12.3. The molecule has 6 nitrogen and oxygen atoms in total. The zero-order valence-electron chi connectivity index (χ0n) is 11.1. The van der Waals surface area contributed by atoms with Gasteiger partial charge in [-0.15, -0.1) is 0 Å². The monoisotopic (exact) mass is 314 g/mol. The van der Waals surface area contributed by atoms with Gasteiger partial charge in [0.25, 0.3) is 5.91 Å². The summed E-state index contributed by atoms with van der Waals surface area (Å²) >= 11 is 0. The van der Waals surface area contributed by atoms with E-state index < -0.39 is 29.8 Å². The van der Waals surface area contributed by atoms with E-state index in [-0.39, 0.29) is 11.3 Å². The predicted molar refractivity (Wildman–Crippen MR) is 67.2 cm³/mol. The Morgan fingerprint density at radius 1 is 1.27 bits per heavy atom. The number of carbonyl (C=O) groups excluding carboxylic acids is 2. The van der Waals surface area contributed by atoms with E-state index in [1.165, 1.54) is 24.3 Å². The summed E-state index contributed by atoms with van der Waals surface area (Å²) in [6.07, 6.45) is -4.02. The summed E-state index contributed by atoms with van der Waals surface area (Å²) in [5.74, 6) is -3.42. The number of benzene rings is 1. The van der Waals surface area contributed by atoms with Crippen LogP contribution in [0.15, 0.2) is 34.9 Å². The van der Waals surface area contributed by atoms with Crippen molar-refractivity contribution in [2.24, 2.45) is 0 Å². The summed E-state index contributed by atoms with van der Waals surface area (Å²) in [5.41, 5.74) is -0.0392. The molecule has 1 aromatic carbocycles. The van der Waals surface area contributed by atoms with Gasteiger partial charge in [0.15, 0.2) is 0 Å². The summed E-state index contributed by atoms with van der Waals surface area (Å²) in [6.45, 7) is 1.15. The number of nitrogens with one attached hydrogen (secondary N) is 1. The lowest BCUT2D eigenvalue weighted by atomic mass is 10.2. The molecule has 1 amide bonds. The number of hydrogen-bond donors (Lipinski definition) is 1. The van der Waals surface area contributed by atoms with Crippen LogP contribution in [0.3, 0.4) is 0 Å². The molecule has 0 spiro atoms. The first-order chi connectivity index (χ1) is 10.3. The molecule has 0 aliphatic carbocycles. The van der Waals surface area contributed by atoms with Crippen LogP contribution < -0.4 is 10.1 Å². The van der Waals surface area contributed by atoms with E-state index in [0.717, 1.165) is 13.1 Å². The maximum atomic E-state index is 12.3. The number of ether oxygens (including phenoxy) is 1. The van der Waals surface area contributed by atoms with Crippen LogP contribution in [0.4, 0.5) is 19.1 Å². The molecule has 0 saturated heterocycles. The molecular weight excluding hydrogens is 305 g/mol. The van der Waals surface area contributed by atoms with E-state index in [1.807, 2.05) is 0 Å². The third kappa shape index (κ3) is 3.62. The van der Waals surface area contributed by atoms with Crippen LogP contribution in [0.1, 0.15) is 23.2 Å². The van der Waals surface area contributed by atoms with Crippen molar-refractivity contribution < 1.29 is 31.9 Å². The van der Waals surface area contributed by atoms with Gasteiger partial charge in [0.1, 0.15) is 5.75 Å². The molecule has 1 heterocycles. The van der Waals surface area contributed by atoms with Crippen molar-refractivity contribution in [2.75, 3.05) is 5.32 Å². The highest BCUT2D eigenvalue weighted by Gasteiger charge is 2.37. The van der Waals surface area contributed by atoms with E-state index in [0.29, 0.717) is 0 Å². The van der Waals surface area contributed by atoms with Gasteiger partial charge in [-0.05, 0) is 12.1 Å². The Morgan fingerprint density at radius 3 is 2.55 bits per heavy atom. The van der Waals surface area contributed by atoms with Crippen molar-refractivity contribution in [3.8, 4) is 5.75 Å². The number of amides is 1. The van der Waals surface area contributed by atoms with E-state index >= 15 is 0 Å². The molecule has 2 rings (SSSR count). The summed E-state index contributed by atoms with van der Waals surface area (Å²) in [5, 5.41) is 2.10. The molecule has 1 aromatic heterocycles. The number of aromatic nitrogens is 1. The number of nitrogens with zero attached hydrogens (tertiary/aromatic N) is 1. The molecule has 0 fully saturated rings. The molecule has 1 N–H and O–H groups in total. The minimum Gasteiger partial charge on any atom is -0.426 e. The number of oxazole rings is 1. The largest absolute Gasteiger partial charge is 0.469 e. The molecule has 9 heteroatoms. The Hall–Kier alpha value is -2.84. The molecule has 22 heavy (non-hydrogen) atoms. The summed E-state index contributed by atoms with van der Waals surface area (Å²) in [4.78, 5) is 26.0. The molecule has 2 aromatic rings. The van der Waals surface area contributed by atoms with E-state index in [2.05, 4.69) is 14.7 Å². The highest BCUT2D eigenvalue weighted by atomic mass is 19.4. The molecule has 0 radical (unpaired) electrons. The topological polar surface area (TPSA) is 81.4 Å². The Kier molecular flexibility index (Phi) is 4.15. The van der Waals surface area contributed by atoms with E-state index in [1.54, 1.807) is 0 Å². The molecule has 0 saturated carbocycles. The van der Waals surface area contributed by atoms with Crippen molar-refractivity contribution in [3.63, 3.8) is 0 Å². The maximum Gasteiger partial charge on any atom is 0.469 e.